The lowest BCUT2D eigenvalue weighted by Gasteiger charge is -2.17. The summed E-state index contributed by atoms with van der Waals surface area (Å²) in [5, 5.41) is 8.12. The van der Waals surface area contributed by atoms with Crippen molar-refractivity contribution in [1.29, 1.82) is 0 Å². The largest absolute Gasteiger partial charge is 0.491 e. The molecule has 432 valence electrons. The number of hydrogen-bond acceptors (Lipinski definition) is 9. The first kappa shape index (κ1) is 55.0. The van der Waals surface area contributed by atoms with Gasteiger partial charge in [-0.05, 0) is 164 Å². The Hall–Kier alpha value is -8.25. The lowest BCUT2D eigenvalue weighted by atomic mass is 9.95. The quantitative estimate of drug-likeness (QED) is 0.0198. The Bertz CT molecular complexity index is 3630. The summed E-state index contributed by atoms with van der Waals surface area (Å²) < 4.78 is 39.0. The van der Waals surface area contributed by atoms with Gasteiger partial charge in [-0.25, -0.2) is 14.4 Å². The van der Waals surface area contributed by atoms with E-state index in [2.05, 4.69) is 56.5 Å². The highest BCUT2D eigenvalue weighted by atomic mass is 16.6. The maximum Gasteiger partial charge on any atom is 0.355 e. The van der Waals surface area contributed by atoms with E-state index < -0.39 is 36.2 Å². The SMILES string of the molecule is CCCCCC[C@H](C)Oc1ccc2[nH]c(C(=O)OC3c4ccc5c6c4c4c3ccc3c4c4c(ccc(c64)C5OC(=O)c4cc5cc(O[C@@H](C)CCCCCC)ccc5[nH]4)C3OC(=O)c3cc4cc(O[C@@H](C)CCCCCC)ccc4[nH]3)cc2c1. The molecule has 0 saturated carbocycles. The number of unbranched alkanes of at least 4 members (excludes halogenated alkanes) is 9. The molecule has 3 aliphatic rings. The summed E-state index contributed by atoms with van der Waals surface area (Å²) in [5.74, 6) is 0.779. The molecule has 84 heavy (non-hydrogen) atoms. The van der Waals surface area contributed by atoms with Gasteiger partial charge in [0.1, 0.15) is 34.3 Å². The third kappa shape index (κ3) is 10.2. The predicted molar refractivity (Wildman–Crippen MR) is 332 cm³/mol. The molecule has 3 atom stereocenters. The van der Waals surface area contributed by atoms with Crippen molar-refractivity contribution in [3.63, 3.8) is 0 Å². The minimum atomic E-state index is -0.769. The molecule has 3 N–H and O–H groups in total. The molecule has 7 aromatic carbocycles. The second-order valence-corrected chi connectivity index (χ2v) is 24.0. The van der Waals surface area contributed by atoms with Gasteiger partial charge in [0, 0.05) is 66.1 Å². The molecule has 10 aromatic rings. The van der Waals surface area contributed by atoms with Crippen LogP contribution in [-0.4, -0.2) is 51.2 Å². The molecule has 13 rings (SSSR count). The van der Waals surface area contributed by atoms with Crippen LogP contribution in [0.15, 0.2) is 109 Å². The smallest absolute Gasteiger partial charge is 0.355 e. The van der Waals surface area contributed by atoms with Crippen LogP contribution in [-0.2, 0) is 14.2 Å². The van der Waals surface area contributed by atoms with Gasteiger partial charge in [0.05, 0.1) is 18.3 Å². The van der Waals surface area contributed by atoms with Crippen molar-refractivity contribution in [1.82, 2.24) is 15.0 Å². The zero-order valence-electron chi connectivity index (χ0n) is 49.1. The number of aromatic nitrogens is 3. The lowest BCUT2D eigenvalue weighted by Crippen LogP contribution is -2.12. The molecule has 12 heteroatoms. The summed E-state index contributed by atoms with van der Waals surface area (Å²) in [7, 11) is 0. The second kappa shape index (κ2) is 23.1. The number of fused-ring (bicyclic) bond motifs is 3. The van der Waals surface area contributed by atoms with Crippen LogP contribution < -0.4 is 14.2 Å². The maximum atomic E-state index is 14.6. The van der Waals surface area contributed by atoms with E-state index in [-0.39, 0.29) is 18.3 Å². The van der Waals surface area contributed by atoms with E-state index in [1.807, 2.05) is 109 Å². The van der Waals surface area contributed by atoms with Gasteiger partial charge in [-0.1, -0.05) is 115 Å². The third-order valence-electron chi connectivity index (χ3n) is 17.8. The highest BCUT2D eigenvalue weighted by Crippen LogP contribution is 2.60. The topological polar surface area (TPSA) is 154 Å². The monoisotopic (exact) mass is 1130 g/mol. The Morgan fingerprint density at radius 3 is 0.869 bits per heavy atom. The average Bonchev–Trinajstić information content (AvgIpc) is 1.51. The molecule has 0 bridgehead atoms. The lowest BCUT2D eigenvalue weighted by molar-refractivity contribution is 0.0368. The standard InChI is InChI=1S/C72H75N3O9/c1-7-10-13-16-19-40(4)79-46-22-31-55-43(34-46)37-58(73-55)70(76)82-67-49-25-27-51-63-61(49)62-50(67)26-28-52-64(62)66-54(69(52)84-72(78)60-39-45-36-48(24-33-57(45)75-60)81-42(6)21-18-15-12-9-3)30-29-53(65(63)66)68(51)83-71(77)59-38-44-35-47(23-32-56(44)74-59)80-41(5)20-17-14-11-8-2/h22-42,67-69,73-75H,7-21H2,1-6H3/t40-,41-,42-,67?,68?,69?/m0/s1. The predicted octanol–water partition coefficient (Wildman–Crippen LogP) is 18.6. The summed E-state index contributed by atoms with van der Waals surface area (Å²) in [4.78, 5) is 53.6. The normalized spacial score (nSPS) is 16.6. The number of aromatic amines is 3. The second-order valence-electron chi connectivity index (χ2n) is 24.0. The summed E-state index contributed by atoms with van der Waals surface area (Å²) in [5.41, 5.74) is 8.37. The van der Waals surface area contributed by atoms with Crippen LogP contribution in [0.25, 0.3) is 65.0 Å². The van der Waals surface area contributed by atoms with E-state index in [9.17, 15) is 14.4 Å². The van der Waals surface area contributed by atoms with E-state index in [0.717, 1.165) is 154 Å². The van der Waals surface area contributed by atoms with Crippen LogP contribution in [0.5, 0.6) is 17.2 Å². The van der Waals surface area contributed by atoms with E-state index in [1.165, 1.54) is 57.8 Å². The number of carbonyl (C=O) groups excluding carboxylic acids is 3. The van der Waals surface area contributed by atoms with Crippen LogP contribution in [0, 0.1) is 0 Å². The number of esters is 3. The number of H-pyrrole nitrogens is 3. The van der Waals surface area contributed by atoms with E-state index in [4.69, 9.17) is 28.4 Å². The average molecular weight is 1130 g/mol. The van der Waals surface area contributed by atoms with Crippen LogP contribution in [0.3, 0.4) is 0 Å². The van der Waals surface area contributed by atoms with Gasteiger partial charge in [0.15, 0.2) is 18.3 Å². The Morgan fingerprint density at radius 2 is 0.619 bits per heavy atom. The van der Waals surface area contributed by atoms with Gasteiger partial charge in [0.2, 0.25) is 0 Å². The molecule has 0 radical (unpaired) electrons. The zero-order chi connectivity index (χ0) is 57.8. The number of benzene rings is 7. The first-order valence-electron chi connectivity index (χ1n) is 31.0. The van der Waals surface area contributed by atoms with Crippen molar-refractivity contribution in [3.8, 4) is 17.2 Å². The highest BCUT2D eigenvalue weighted by molar-refractivity contribution is 6.34. The number of rotatable bonds is 27. The van der Waals surface area contributed by atoms with Gasteiger partial charge in [-0.3, -0.25) is 0 Å². The summed E-state index contributed by atoms with van der Waals surface area (Å²) in [6, 6.07) is 35.1. The number of ether oxygens (including phenoxy) is 6. The highest BCUT2D eigenvalue weighted by Gasteiger charge is 2.44. The molecular formula is C72H75N3O9. The van der Waals surface area contributed by atoms with Crippen molar-refractivity contribution in [3.05, 3.63) is 160 Å². The van der Waals surface area contributed by atoms with Crippen LogP contribution in [0.2, 0.25) is 0 Å². The van der Waals surface area contributed by atoms with E-state index in [1.54, 1.807) is 0 Å². The van der Waals surface area contributed by atoms with Crippen molar-refractivity contribution in [2.45, 2.75) is 174 Å². The van der Waals surface area contributed by atoms with Gasteiger partial charge in [-0.2, -0.15) is 0 Å². The molecule has 3 aromatic heterocycles. The molecule has 0 aliphatic heterocycles. The van der Waals surface area contributed by atoms with Gasteiger partial charge >= 0.3 is 17.9 Å². The molecule has 0 unspecified atom stereocenters. The number of nitrogens with one attached hydrogen (secondary N) is 3. The fraction of sp³-hybridized carbons (Fsp3) is 0.375. The van der Waals surface area contributed by atoms with Gasteiger partial charge < -0.3 is 43.4 Å². The van der Waals surface area contributed by atoms with Crippen LogP contribution in [0.1, 0.15) is 221 Å². The van der Waals surface area contributed by atoms with Crippen LogP contribution in [0.4, 0.5) is 0 Å². The molecule has 3 heterocycles. The maximum absolute atomic E-state index is 14.6. The van der Waals surface area contributed by atoms with Crippen molar-refractivity contribution >= 4 is 82.9 Å². The van der Waals surface area contributed by atoms with Crippen molar-refractivity contribution in [2.75, 3.05) is 0 Å². The fourth-order valence-electron chi connectivity index (χ4n) is 13.6. The Balaban J connectivity index is 0.821. The Labute approximate surface area is 489 Å². The molecule has 0 fully saturated rings. The summed E-state index contributed by atoms with van der Waals surface area (Å²) in [6.45, 7) is 13.0. The van der Waals surface area contributed by atoms with Crippen molar-refractivity contribution < 1.29 is 42.8 Å². The molecule has 3 aliphatic carbocycles. The molecule has 0 spiro atoms. The summed E-state index contributed by atoms with van der Waals surface area (Å²) in [6.07, 6.45) is 15.0. The molecular weight excluding hydrogens is 1050 g/mol. The first-order chi connectivity index (χ1) is 41.0. The first-order valence-corrected chi connectivity index (χ1v) is 31.0. The Kier molecular flexibility index (Phi) is 15.1. The van der Waals surface area contributed by atoms with Gasteiger partial charge in [-0.15, -0.1) is 0 Å². The number of carbonyl (C=O) groups is 3. The van der Waals surface area contributed by atoms with Crippen LogP contribution >= 0.6 is 0 Å². The molecule has 0 saturated heterocycles. The Morgan fingerprint density at radius 1 is 0.357 bits per heavy atom. The molecule has 12 nitrogen and oxygen atoms in total. The third-order valence-corrected chi connectivity index (χ3v) is 17.8. The fourth-order valence-corrected chi connectivity index (χ4v) is 13.6. The number of hydrogen-bond donors (Lipinski definition) is 3. The minimum Gasteiger partial charge on any atom is -0.491 e. The van der Waals surface area contributed by atoms with E-state index in [0.29, 0.717) is 17.1 Å². The minimum absolute atomic E-state index is 0.0686. The summed E-state index contributed by atoms with van der Waals surface area (Å²) >= 11 is 0. The van der Waals surface area contributed by atoms with Crippen molar-refractivity contribution in [2.24, 2.45) is 0 Å². The zero-order valence-corrected chi connectivity index (χ0v) is 49.1. The molecule has 0 amide bonds. The van der Waals surface area contributed by atoms with E-state index >= 15 is 0 Å². The van der Waals surface area contributed by atoms with Gasteiger partial charge in [0.25, 0.3) is 0 Å².